The highest BCUT2D eigenvalue weighted by Gasteiger charge is 2.30. The van der Waals surface area contributed by atoms with Gasteiger partial charge >= 0.3 is 0 Å². The van der Waals surface area contributed by atoms with Gasteiger partial charge in [-0.15, -0.1) is 0 Å². The number of likely N-dealkylation sites (N-methyl/N-ethyl adjacent to an activating group) is 1. The summed E-state index contributed by atoms with van der Waals surface area (Å²) in [5.74, 6) is 0.0280. The van der Waals surface area contributed by atoms with Crippen molar-refractivity contribution in [3.8, 4) is 0 Å². The first kappa shape index (κ1) is 23.1. The Hall–Kier alpha value is -2.21. The van der Waals surface area contributed by atoms with Crippen molar-refractivity contribution < 1.29 is 19.4 Å². The second-order valence-electron chi connectivity index (χ2n) is 7.61. The number of hydrogen-bond donors (Lipinski definition) is 1. The zero-order chi connectivity index (χ0) is 21.2. The van der Waals surface area contributed by atoms with Crippen LogP contribution in [0.25, 0.3) is 0 Å². The van der Waals surface area contributed by atoms with Crippen LogP contribution in [0.3, 0.4) is 0 Å². The molecule has 0 saturated carbocycles. The Kier molecular flexibility index (Phi) is 9.32. The summed E-state index contributed by atoms with van der Waals surface area (Å²) in [6.07, 6.45) is -0.766. The maximum atomic E-state index is 12.9. The maximum absolute atomic E-state index is 12.9. The highest BCUT2D eigenvalue weighted by Crippen LogP contribution is 2.22. The summed E-state index contributed by atoms with van der Waals surface area (Å²) in [6.45, 7) is 4.99. The van der Waals surface area contributed by atoms with E-state index in [1.165, 1.54) is 0 Å². The summed E-state index contributed by atoms with van der Waals surface area (Å²) < 4.78 is 11.3. The van der Waals surface area contributed by atoms with Crippen molar-refractivity contribution in [1.29, 1.82) is 0 Å². The van der Waals surface area contributed by atoms with Gasteiger partial charge in [0.25, 0.3) is 5.91 Å². The predicted molar refractivity (Wildman–Crippen MR) is 114 cm³/mol. The van der Waals surface area contributed by atoms with Crippen molar-refractivity contribution in [2.75, 3.05) is 20.8 Å². The topological polar surface area (TPSA) is 59.0 Å². The van der Waals surface area contributed by atoms with Gasteiger partial charge in [0.2, 0.25) is 0 Å². The number of benzene rings is 2. The average Bonchev–Trinajstić information content (AvgIpc) is 2.76. The lowest BCUT2D eigenvalue weighted by Crippen LogP contribution is -2.45. The summed E-state index contributed by atoms with van der Waals surface area (Å²) in [5, 5.41) is 10.6. The quantitative estimate of drug-likeness (QED) is 0.624. The van der Waals surface area contributed by atoms with E-state index in [0.717, 1.165) is 11.1 Å². The molecule has 0 spiro atoms. The fourth-order valence-electron chi connectivity index (χ4n) is 3.25. The van der Waals surface area contributed by atoms with Crippen molar-refractivity contribution in [1.82, 2.24) is 4.90 Å². The molecule has 0 bridgehead atoms. The molecule has 29 heavy (non-hydrogen) atoms. The minimum atomic E-state index is -0.755. The second-order valence-corrected chi connectivity index (χ2v) is 7.61. The zero-order valence-electron chi connectivity index (χ0n) is 17.8. The molecular formula is C24H33NO4. The number of aliphatic hydroxyl groups excluding tert-OH is 1. The number of aliphatic hydroxyl groups is 1. The van der Waals surface area contributed by atoms with Gasteiger partial charge in [0.15, 0.2) is 0 Å². The van der Waals surface area contributed by atoms with Crippen molar-refractivity contribution in [3.05, 3.63) is 71.8 Å². The fraction of sp³-hybridized carbons (Fsp3) is 0.458. The molecule has 0 fully saturated rings. The van der Waals surface area contributed by atoms with Crippen LogP contribution in [0.2, 0.25) is 0 Å². The smallest absolute Gasteiger partial charge is 0.251 e. The van der Waals surface area contributed by atoms with Crippen LogP contribution < -0.4 is 0 Å². The molecule has 2 aromatic carbocycles. The molecule has 158 valence electrons. The number of methoxy groups -OCH3 is 1. The van der Waals surface area contributed by atoms with E-state index in [9.17, 15) is 9.90 Å². The molecule has 0 radical (unpaired) electrons. The highest BCUT2D eigenvalue weighted by atomic mass is 16.5. The Labute approximate surface area is 174 Å². The van der Waals surface area contributed by atoms with Gasteiger partial charge in [0, 0.05) is 20.8 Å². The average molecular weight is 400 g/mol. The molecule has 1 N–H and O–H groups in total. The molecule has 4 atom stereocenters. The third kappa shape index (κ3) is 6.96. The molecule has 2 rings (SSSR count). The van der Waals surface area contributed by atoms with Crippen LogP contribution in [-0.2, 0) is 20.9 Å². The largest absolute Gasteiger partial charge is 0.386 e. The SMILES string of the molecule is CO[C@@H](C[C@H](C)COCc1ccccc1)C(=O)N(C)[C@H](C)[C@H](O)c1ccccc1. The molecule has 1 amide bonds. The van der Waals surface area contributed by atoms with Crippen LogP contribution in [0, 0.1) is 5.92 Å². The van der Waals surface area contributed by atoms with Crippen molar-refractivity contribution in [2.24, 2.45) is 5.92 Å². The van der Waals surface area contributed by atoms with Crippen LogP contribution in [0.15, 0.2) is 60.7 Å². The van der Waals surface area contributed by atoms with Gasteiger partial charge < -0.3 is 19.5 Å². The van der Waals surface area contributed by atoms with Gasteiger partial charge in [0.1, 0.15) is 6.10 Å². The molecule has 0 aromatic heterocycles. The minimum Gasteiger partial charge on any atom is -0.386 e. The minimum absolute atomic E-state index is 0.134. The molecule has 0 heterocycles. The number of ether oxygens (including phenoxy) is 2. The lowest BCUT2D eigenvalue weighted by molar-refractivity contribution is -0.146. The molecule has 0 aliphatic heterocycles. The second kappa shape index (κ2) is 11.7. The Morgan fingerprint density at radius 3 is 2.21 bits per heavy atom. The van der Waals surface area contributed by atoms with Gasteiger partial charge in [-0.05, 0) is 30.4 Å². The zero-order valence-corrected chi connectivity index (χ0v) is 17.8. The summed E-state index contributed by atoms with van der Waals surface area (Å²) in [5.41, 5.74) is 1.92. The third-order valence-corrected chi connectivity index (χ3v) is 5.25. The van der Waals surface area contributed by atoms with Crippen LogP contribution in [0.5, 0.6) is 0 Å². The molecule has 0 aliphatic rings. The standard InChI is InChI=1S/C24H33NO4/c1-18(16-29-17-20-11-7-5-8-12-20)15-22(28-4)24(27)25(3)19(2)23(26)21-13-9-6-10-14-21/h5-14,18-19,22-23,26H,15-17H2,1-4H3/t18-,19+,22-,23-/m0/s1. The van der Waals surface area contributed by atoms with Crippen LogP contribution >= 0.6 is 0 Å². The molecule has 2 aromatic rings. The van der Waals surface area contributed by atoms with Gasteiger partial charge in [0.05, 0.1) is 18.8 Å². The predicted octanol–water partition coefficient (Wildman–Crippen LogP) is 3.82. The van der Waals surface area contributed by atoms with Crippen LogP contribution in [0.1, 0.15) is 37.5 Å². The van der Waals surface area contributed by atoms with E-state index in [2.05, 4.69) is 0 Å². The van der Waals surface area contributed by atoms with E-state index in [4.69, 9.17) is 9.47 Å². The molecular weight excluding hydrogens is 366 g/mol. The maximum Gasteiger partial charge on any atom is 0.251 e. The van der Waals surface area contributed by atoms with Crippen LogP contribution in [0.4, 0.5) is 0 Å². The third-order valence-electron chi connectivity index (χ3n) is 5.25. The normalized spacial score (nSPS) is 15.3. The molecule has 5 nitrogen and oxygen atoms in total. The Balaban J connectivity index is 1.86. The van der Waals surface area contributed by atoms with Gasteiger partial charge in [-0.3, -0.25) is 4.79 Å². The van der Waals surface area contributed by atoms with E-state index in [1.807, 2.05) is 74.5 Å². The van der Waals surface area contributed by atoms with Crippen molar-refractivity contribution in [3.63, 3.8) is 0 Å². The van der Waals surface area contributed by atoms with E-state index in [0.29, 0.717) is 19.6 Å². The monoisotopic (exact) mass is 399 g/mol. The summed E-state index contributed by atoms with van der Waals surface area (Å²) in [6, 6.07) is 19.0. The lowest BCUT2D eigenvalue weighted by Gasteiger charge is -2.32. The summed E-state index contributed by atoms with van der Waals surface area (Å²) >= 11 is 0. The van der Waals surface area contributed by atoms with Gasteiger partial charge in [-0.2, -0.15) is 0 Å². The first-order valence-corrected chi connectivity index (χ1v) is 10.1. The number of rotatable bonds is 11. The fourth-order valence-corrected chi connectivity index (χ4v) is 3.25. The molecule has 0 aliphatic carbocycles. The molecule has 0 saturated heterocycles. The first-order valence-electron chi connectivity index (χ1n) is 10.1. The van der Waals surface area contributed by atoms with Crippen molar-refractivity contribution >= 4 is 5.91 Å². The molecule has 5 heteroatoms. The van der Waals surface area contributed by atoms with Gasteiger partial charge in [-0.25, -0.2) is 0 Å². The number of nitrogens with zero attached hydrogens (tertiary/aromatic N) is 1. The Morgan fingerprint density at radius 1 is 1.03 bits per heavy atom. The van der Waals surface area contributed by atoms with E-state index < -0.39 is 12.2 Å². The van der Waals surface area contributed by atoms with Crippen LogP contribution in [-0.4, -0.2) is 48.8 Å². The number of carbonyl (C=O) groups is 1. The number of carbonyl (C=O) groups excluding carboxylic acids is 1. The highest BCUT2D eigenvalue weighted by molar-refractivity contribution is 5.81. The van der Waals surface area contributed by atoms with Crippen molar-refractivity contribution in [2.45, 2.75) is 45.1 Å². The van der Waals surface area contributed by atoms with Gasteiger partial charge in [-0.1, -0.05) is 67.6 Å². The number of amides is 1. The Bertz CT molecular complexity index is 722. The van der Waals surface area contributed by atoms with E-state index >= 15 is 0 Å². The summed E-state index contributed by atoms with van der Waals surface area (Å²) in [7, 11) is 3.26. The van der Waals surface area contributed by atoms with E-state index in [-0.39, 0.29) is 17.9 Å². The Morgan fingerprint density at radius 2 is 1.62 bits per heavy atom. The lowest BCUT2D eigenvalue weighted by atomic mass is 10.00. The van der Waals surface area contributed by atoms with E-state index in [1.54, 1.807) is 19.1 Å². The number of hydrogen-bond acceptors (Lipinski definition) is 4. The first-order chi connectivity index (χ1) is 13.9. The molecule has 0 unspecified atom stereocenters. The summed E-state index contributed by atoms with van der Waals surface area (Å²) in [4.78, 5) is 14.5.